The van der Waals surface area contributed by atoms with Crippen molar-refractivity contribution in [3.63, 3.8) is 0 Å². The second kappa shape index (κ2) is 13.4. The van der Waals surface area contributed by atoms with Crippen molar-refractivity contribution in [2.45, 2.75) is 19.3 Å². The number of ether oxygens (including phenoxy) is 2. The summed E-state index contributed by atoms with van der Waals surface area (Å²) >= 11 is 0. The lowest BCUT2D eigenvalue weighted by atomic mass is 10.2. The lowest BCUT2D eigenvalue weighted by Gasteiger charge is -2.06. The van der Waals surface area contributed by atoms with Crippen molar-refractivity contribution in [3.05, 3.63) is 66.7 Å². The minimum Gasteiger partial charge on any atom is -0.450 e. The van der Waals surface area contributed by atoms with Crippen LogP contribution in [0.1, 0.15) is 19.3 Å². The van der Waals surface area contributed by atoms with Crippen LogP contribution < -0.4 is 11.1 Å². The normalized spacial score (nSPS) is 9.28. The second-order valence-electron chi connectivity index (χ2n) is 5.01. The number of carbonyl (C=O) groups excluding carboxylic acids is 2. The third-order valence-electron chi connectivity index (χ3n) is 2.95. The minimum absolute atomic E-state index is 0.297. The first-order valence-corrected chi connectivity index (χ1v) is 8.09. The molecule has 6 nitrogen and oxygen atoms in total. The van der Waals surface area contributed by atoms with Gasteiger partial charge in [-0.15, -0.1) is 0 Å². The van der Waals surface area contributed by atoms with Crippen LogP contribution in [0.2, 0.25) is 0 Å². The molecule has 134 valence electrons. The van der Waals surface area contributed by atoms with Gasteiger partial charge in [0, 0.05) is 5.69 Å². The smallest absolute Gasteiger partial charge is 0.411 e. The second-order valence-corrected chi connectivity index (χ2v) is 5.01. The molecule has 3 N–H and O–H groups in total. The fourth-order valence-electron chi connectivity index (χ4n) is 1.78. The van der Waals surface area contributed by atoms with Gasteiger partial charge in [-0.05, 0) is 31.4 Å². The highest BCUT2D eigenvalue weighted by molar-refractivity contribution is 5.84. The first-order chi connectivity index (χ1) is 12.2. The molecule has 2 aromatic carbocycles. The molecule has 0 saturated heterocycles. The summed E-state index contributed by atoms with van der Waals surface area (Å²) in [6.07, 6.45) is 0.973. The number of nitrogens with one attached hydrogen (secondary N) is 1. The number of rotatable bonds is 7. The molecular formula is C19H24N2O4. The highest BCUT2D eigenvalue weighted by Gasteiger charge is 2.02. The van der Waals surface area contributed by atoms with Crippen molar-refractivity contribution in [2.75, 3.05) is 18.5 Å². The van der Waals surface area contributed by atoms with Crippen molar-refractivity contribution >= 4 is 17.9 Å². The first kappa shape index (κ1) is 20.0. The summed E-state index contributed by atoms with van der Waals surface area (Å²) in [6, 6.07) is 21.1. The number of benzene rings is 2. The molecule has 0 fully saturated rings. The SMILES string of the molecule is NC(=O)OCCCCCOC(=O)Nc1ccccc1.c1ccccc1. The van der Waals surface area contributed by atoms with Gasteiger partial charge in [-0.2, -0.15) is 0 Å². The molecular weight excluding hydrogens is 320 g/mol. The van der Waals surface area contributed by atoms with E-state index in [1.54, 1.807) is 12.1 Å². The van der Waals surface area contributed by atoms with Crippen LogP contribution in [0.25, 0.3) is 0 Å². The third kappa shape index (κ3) is 12.1. The third-order valence-corrected chi connectivity index (χ3v) is 2.95. The molecule has 2 rings (SSSR count). The predicted octanol–water partition coefficient (Wildman–Crippen LogP) is 4.19. The molecule has 2 aromatic rings. The molecule has 0 aliphatic carbocycles. The zero-order valence-corrected chi connectivity index (χ0v) is 14.1. The molecule has 0 unspecified atom stereocenters. The van der Waals surface area contributed by atoms with E-state index < -0.39 is 12.2 Å². The van der Waals surface area contributed by atoms with Crippen molar-refractivity contribution < 1.29 is 19.1 Å². The van der Waals surface area contributed by atoms with Gasteiger partial charge in [0.1, 0.15) is 0 Å². The van der Waals surface area contributed by atoms with Crippen LogP contribution in [0.5, 0.6) is 0 Å². The largest absolute Gasteiger partial charge is 0.450 e. The Kier molecular flexibility index (Phi) is 10.8. The molecule has 0 saturated carbocycles. The number of primary amides is 1. The number of amides is 2. The maximum Gasteiger partial charge on any atom is 0.411 e. The van der Waals surface area contributed by atoms with Gasteiger partial charge in [0.25, 0.3) is 0 Å². The first-order valence-electron chi connectivity index (χ1n) is 8.09. The molecule has 25 heavy (non-hydrogen) atoms. The van der Waals surface area contributed by atoms with Crippen LogP contribution in [-0.2, 0) is 9.47 Å². The van der Waals surface area contributed by atoms with Crippen LogP contribution in [0.3, 0.4) is 0 Å². The molecule has 0 spiro atoms. The van der Waals surface area contributed by atoms with Crippen molar-refractivity contribution in [1.82, 2.24) is 0 Å². The van der Waals surface area contributed by atoms with E-state index in [2.05, 4.69) is 10.1 Å². The number of hydrogen-bond donors (Lipinski definition) is 2. The zero-order chi connectivity index (χ0) is 18.2. The summed E-state index contributed by atoms with van der Waals surface area (Å²) < 4.78 is 9.56. The minimum atomic E-state index is -0.765. The molecule has 2 amide bonds. The van der Waals surface area contributed by atoms with Crippen molar-refractivity contribution in [1.29, 1.82) is 0 Å². The molecule has 0 radical (unpaired) electrons. The maximum atomic E-state index is 11.4. The molecule has 0 atom stereocenters. The van der Waals surface area contributed by atoms with E-state index in [0.29, 0.717) is 31.7 Å². The van der Waals surface area contributed by atoms with E-state index in [-0.39, 0.29) is 0 Å². The zero-order valence-electron chi connectivity index (χ0n) is 14.1. The van der Waals surface area contributed by atoms with Crippen LogP contribution >= 0.6 is 0 Å². The van der Waals surface area contributed by atoms with Crippen LogP contribution in [-0.4, -0.2) is 25.4 Å². The number of nitrogens with two attached hydrogens (primary N) is 1. The van der Waals surface area contributed by atoms with Crippen LogP contribution in [0, 0.1) is 0 Å². The molecule has 0 aliphatic rings. The number of anilines is 1. The van der Waals surface area contributed by atoms with Gasteiger partial charge in [0.05, 0.1) is 13.2 Å². The fourth-order valence-corrected chi connectivity index (χ4v) is 1.78. The van der Waals surface area contributed by atoms with Gasteiger partial charge in [0.15, 0.2) is 0 Å². The lowest BCUT2D eigenvalue weighted by Crippen LogP contribution is -2.15. The summed E-state index contributed by atoms with van der Waals surface area (Å²) in [5.41, 5.74) is 5.50. The Morgan fingerprint density at radius 1 is 0.760 bits per heavy atom. The number of para-hydroxylation sites is 1. The highest BCUT2D eigenvalue weighted by Crippen LogP contribution is 2.05. The topological polar surface area (TPSA) is 90.7 Å². The van der Waals surface area contributed by atoms with E-state index in [1.165, 1.54) is 0 Å². The number of hydrogen-bond acceptors (Lipinski definition) is 4. The molecule has 6 heteroatoms. The summed E-state index contributed by atoms with van der Waals surface area (Å²) in [6.45, 7) is 0.626. The lowest BCUT2D eigenvalue weighted by molar-refractivity contribution is 0.148. The Morgan fingerprint density at radius 2 is 1.24 bits per heavy atom. The Bertz CT molecular complexity index is 564. The monoisotopic (exact) mass is 344 g/mol. The predicted molar refractivity (Wildman–Crippen MR) is 97.2 cm³/mol. The molecule has 0 bridgehead atoms. The summed E-state index contributed by atoms with van der Waals surface area (Å²) in [4.78, 5) is 21.6. The van der Waals surface area contributed by atoms with Gasteiger partial charge in [-0.1, -0.05) is 54.6 Å². The van der Waals surface area contributed by atoms with Crippen LogP contribution in [0.4, 0.5) is 15.3 Å². The summed E-state index contributed by atoms with van der Waals surface area (Å²) in [5, 5.41) is 2.61. The summed E-state index contributed by atoms with van der Waals surface area (Å²) in [5.74, 6) is 0. The van der Waals surface area contributed by atoms with Gasteiger partial charge < -0.3 is 15.2 Å². The number of unbranched alkanes of at least 4 members (excludes halogenated alkanes) is 2. The van der Waals surface area contributed by atoms with E-state index in [0.717, 1.165) is 6.42 Å². The Labute approximate surface area is 147 Å². The number of carbonyl (C=O) groups is 2. The molecule has 0 aliphatic heterocycles. The van der Waals surface area contributed by atoms with Gasteiger partial charge >= 0.3 is 12.2 Å². The van der Waals surface area contributed by atoms with Crippen molar-refractivity contribution in [2.24, 2.45) is 5.73 Å². The van der Waals surface area contributed by atoms with Gasteiger partial charge in [-0.25, -0.2) is 9.59 Å². The molecule has 0 heterocycles. The van der Waals surface area contributed by atoms with E-state index in [1.807, 2.05) is 54.6 Å². The average Bonchev–Trinajstić information content (AvgIpc) is 2.63. The molecule has 0 aromatic heterocycles. The quantitative estimate of drug-likeness (QED) is 0.737. The summed E-state index contributed by atoms with van der Waals surface area (Å²) in [7, 11) is 0. The highest BCUT2D eigenvalue weighted by atomic mass is 16.5. The average molecular weight is 344 g/mol. The van der Waals surface area contributed by atoms with E-state index in [4.69, 9.17) is 10.5 Å². The van der Waals surface area contributed by atoms with Gasteiger partial charge in [0.2, 0.25) is 0 Å². The standard InChI is InChI=1S/C13H18N2O4.C6H6/c14-12(16)18-9-5-2-6-10-19-13(17)15-11-7-3-1-4-8-11;1-2-4-6-5-3-1/h1,3-4,7-8H,2,5-6,9-10H2,(H2,14,16)(H,15,17);1-6H. The van der Waals surface area contributed by atoms with E-state index in [9.17, 15) is 9.59 Å². The van der Waals surface area contributed by atoms with Crippen molar-refractivity contribution in [3.8, 4) is 0 Å². The Hall–Kier alpha value is -3.02. The maximum absolute atomic E-state index is 11.4. The van der Waals surface area contributed by atoms with E-state index >= 15 is 0 Å². The van der Waals surface area contributed by atoms with Crippen LogP contribution in [0.15, 0.2) is 66.7 Å². The Morgan fingerprint density at radius 3 is 1.76 bits per heavy atom. The Balaban J connectivity index is 0.000000435. The van der Waals surface area contributed by atoms with Gasteiger partial charge in [-0.3, -0.25) is 5.32 Å². The fraction of sp³-hybridized carbons (Fsp3) is 0.263.